The molecule has 0 spiro atoms. The molecular weight excluding hydrogens is 254 g/mol. The van der Waals surface area contributed by atoms with Crippen molar-refractivity contribution < 1.29 is 18.3 Å². The van der Waals surface area contributed by atoms with Gasteiger partial charge in [-0.25, -0.2) is 18.6 Å². The fourth-order valence-corrected chi connectivity index (χ4v) is 1.63. The van der Waals surface area contributed by atoms with Crippen molar-refractivity contribution in [3.05, 3.63) is 53.1 Å². The van der Waals surface area contributed by atoms with E-state index in [1.165, 1.54) is 18.3 Å². The molecule has 19 heavy (non-hydrogen) atoms. The van der Waals surface area contributed by atoms with Crippen molar-refractivity contribution in [1.29, 1.82) is 0 Å². The van der Waals surface area contributed by atoms with Crippen LogP contribution in [0, 0.1) is 11.6 Å². The summed E-state index contributed by atoms with van der Waals surface area (Å²) < 4.78 is 31.3. The Labute approximate surface area is 108 Å². The second kappa shape index (κ2) is 5.60. The fraction of sp³-hybridized carbons (Fsp3) is 0.231. The van der Waals surface area contributed by atoms with Crippen LogP contribution < -0.4 is 0 Å². The summed E-state index contributed by atoms with van der Waals surface area (Å²) in [5.74, 6) is -1.97. The Bertz CT molecular complexity index is 596. The Kier molecular flexibility index (Phi) is 3.89. The van der Waals surface area contributed by atoms with Gasteiger partial charge in [0.15, 0.2) is 11.6 Å². The van der Waals surface area contributed by atoms with Crippen molar-refractivity contribution in [3.8, 4) is 0 Å². The van der Waals surface area contributed by atoms with Gasteiger partial charge in [0.25, 0.3) is 0 Å². The van der Waals surface area contributed by atoms with Crippen LogP contribution in [-0.4, -0.2) is 22.5 Å². The van der Waals surface area contributed by atoms with Crippen molar-refractivity contribution in [2.75, 3.05) is 6.61 Å². The summed E-state index contributed by atoms with van der Waals surface area (Å²) in [5.41, 5.74) is 0.360. The number of esters is 1. The molecule has 2 aromatic rings. The largest absolute Gasteiger partial charge is 0.461 e. The number of hydrogen-bond acceptors (Lipinski definition) is 3. The molecule has 6 heteroatoms. The van der Waals surface area contributed by atoms with E-state index >= 15 is 0 Å². The van der Waals surface area contributed by atoms with Crippen LogP contribution in [0.2, 0.25) is 0 Å². The summed E-state index contributed by atoms with van der Waals surface area (Å²) in [6, 6.07) is 3.93. The number of rotatable bonds is 4. The zero-order valence-electron chi connectivity index (χ0n) is 10.2. The van der Waals surface area contributed by atoms with E-state index < -0.39 is 17.6 Å². The van der Waals surface area contributed by atoms with Crippen LogP contribution in [0.15, 0.2) is 24.4 Å². The quantitative estimate of drug-likeness (QED) is 0.865. The van der Waals surface area contributed by atoms with Crippen LogP contribution in [-0.2, 0) is 11.2 Å². The molecule has 0 saturated carbocycles. The molecule has 0 aliphatic carbocycles. The first kappa shape index (κ1) is 13.2. The molecule has 0 aliphatic heterocycles. The molecule has 0 bridgehead atoms. The number of nitrogens with zero attached hydrogens (tertiary/aromatic N) is 1. The van der Waals surface area contributed by atoms with Gasteiger partial charge in [-0.1, -0.05) is 12.1 Å². The van der Waals surface area contributed by atoms with Gasteiger partial charge >= 0.3 is 5.97 Å². The molecule has 2 rings (SSSR count). The van der Waals surface area contributed by atoms with Gasteiger partial charge in [-0.3, -0.25) is 0 Å². The average Bonchev–Trinajstić information content (AvgIpc) is 2.84. The monoisotopic (exact) mass is 266 g/mol. The van der Waals surface area contributed by atoms with E-state index in [0.717, 1.165) is 6.07 Å². The SMILES string of the molecule is CCOC(=O)c1cnc(Cc2cccc(F)c2F)[nH]1. The van der Waals surface area contributed by atoms with Gasteiger partial charge in [-0.2, -0.15) is 0 Å². The predicted molar refractivity (Wildman–Crippen MR) is 63.7 cm³/mol. The maximum atomic E-state index is 13.5. The Morgan fingerprint density at radius 3 is 2.95 bits per heavy atom. The van der Waals surface area contributed by atoms with E-state index in [1.807, 2.05) is 0 Å². The molecule has 4 nitrogen and oxygen atoms in total. The van der Waals surface area contributed by atoms with Crippen LogP contribution in [0.5, 0.6) is 0 Å². The molecule has 1 N–H and O–H groups in total. The van der Waals surface area contributed by atoms with Crippen molar-refractivity contribution in [3.63, 3.8) is 0 Å². The summed E-state index contributed by atoms with van der Waals surface area (Å²) in [6.07, 6.45) is 1.38. The minimum atomic E-state index is -0.908. The molecular formula is C13H12F2N2O2. The lowest BCUT2D eigenvalue weighted by Crippen LogP contribution is -2.05. The van der Waals surface area contributed by atoms with Gasteiger partial charge in [-0.05, 0) is 18.6 Å². The van der Waals surface area contributed by atoms with E-state index in [-0.39, 0.29) is 24.3 Å². The maximum Gasteiger partial charge on any atom is 0.356 e. The lowest BCUT2D eigenvalue weighted by molar-refractivity contribution is 0.0520. The fourth-order valence-electron chi connectivity index (χ4n) is 1.63. The zero-order chi connectivity index (χ0) is 13.8. The molecule has 0 amide bonds. The third-order valence-electron chi connectivity index (χ3n) is 2.51. The maximum absolute atomic E-state index is 13.5. The number of carbonyl (C=O) groups is 1. The number of aromatic amines is 1. The number of benzene rings is 1. The minimum Gasteiger partial charge on any atom is -0.461 e. The van der Waals surface area contributed by atoms with Crippen LogP contribution in [0.3, 0.4) is 0 Å². The van der Waals surface area contributed by atoms with E-state index in [9.17, 15) is 13.6 Å². The first-order valence-electron chi connectivity index (χ1n) is 5.75. The topological polar surface area (TPSA) is 55.0 Å². The molecule has 100 valence electrons. The van der Waals surface area contributed by atoms with Crippen LogP contribution in [0.1, 0.15) is 28.8 Å². The third-order valence-corrected chi connectivity index (χ3v) is 2.51. The van der Waals surface area contributed by atoms with Gasteiger partial charge in [0, 0.05) is 6.42 Å². The number of ether oxygens (including phenoxy) is 1. The lowest BCUT2D eigenvalue weighted by Gasteiger charge is -2.01. The van der Waals surface area contributed by atoms with Gasteiger partial charge < -0.3 is 9.72 Å². The van der Waals surface area contributed by atoms with Crippen LogP contribution >= 0.6 is 0 Å². The van der Waals surface area contributed by atoms with Crippen molar-refractivity contribution in [1.82, 2.24) is 9.97 Å². The highest BCUT2D eigenvalue weighted by molar-refractivity contribution is 5.86. The number of halogens is 2. The summed E-state index contributed by atoms with van der Waals surface area (Å²) >= 11 is 0. The Balaban J connectivity index is 2.16. The van der Waals surface area contributed by atoms with E-state index in [2.05, 4.69) is 9.97 Å². The van der Waals surface area contributed by atoms with E-state index in [4.69, 9.17) is 4.74 Å². The minimum absolute atomic E-state index is 0.0724. The number of carbonyl (C=O) groups excluding carboxylic acids is 1. The molecule has 1 aromatic heterocycles. The molecule has 0 saturated heterocycles. The van der Waals surface area contributed by atoms with Crippen molar-refractivity contribution in [2.24, 2.45) is 0 Å². The van der Waals surface area contributed by atoms with Gasteiger partial charge in [0.05, 0.1) is 12.8 Å². The molecule has 0 unspecified atom stereocenters. The Morgan fingerprint density at radius 2 is 2.21 bits per heavy atom. The summed E-state index contributed by atoms with van der Waals surface area (Å²) in [6.45, 7) is 1.95. The van der Waals surface area contributed by atoms with Crippen molar-refractivity contribution >= 4 is 5.97 Å². The highest BCUT2D eigenvalue weighted by Gasteiger charge is 2.13. The number of H-pyrrole nitrogens is 1. The smallest absolute Gasteiger partial charge is 0.356 e. The summed E-state index contributed by atoms with van der Waals surface area (Å²) in [5, 5.41) is 0. The normalized spacial score (nSPS) is 10.5. The summed E-state index contributed by atoms with van der Waals surface area (Å²) in [4.78, 5) is 18.1. The Morgan fingerprint density at radius 1 is 1.42 bits per heavy atom. The summed E-state index contributed by atoms with van der Waals surface area (Å²) in [7, 11) is 0. The van der Waals surface area contributed by atoms with Crippen molar-refractivity contribution in [2.45, 2.75) is 13.3 Å². The molecule has 0 radical (unpaired) electrons. The van der Waals surface area contributed by atoms with Gasteiger partial charge in [0.1, 0.15) is 11.5 Å². The second-order valence-electron chi connectivity index (χ2n) is 3.85. The van der Waals surface area contributed by atoms with E-state index in [1.54, 1.807) is 6.92 Å². The third kappa shape index (κ3) is 2.96. The first-order valence-corrected chi connectivity index (χ1v) is 5.75. The Hall–Kier alpha value is -2.24. The van der Waals surface area contributed by atoms with E-state index in [0.29, 0.717) is 5.82 Å². The lowest BCUT2D eigenvalue weighted by atomic mass is 10.1. The molecule has 0 aliphatic rings. The zero-order valence-corrected chi connectivity index (χ0v) is 10.2. The number of nitrogens with one attached hydrogen (secondary N) is 1. The predicted octanol–water partition coefficient (Wildman–Crippen LogP) is 2.46. The molecule has 1 aromatic carbocycles. The number of imidazole rings is 1. The van der Waals surface area contributed by atoms with Crippen LogP contribution in [0.25, 0.3) is 0 Å². The average molecular weight is 266 g/mol. The highest BCUT2D eigenvalue weighted by atomic mass is 19.2. The molecule has 0 atom stereocenters. The number of aromatic nitrogens is 2. The number of hydrogen-bond donors (Lipinski definition) is 1. The standard InChI is InChI=1S/C13H12F2N2O2/c1-2-19-13(18)10-7-16-11(17-10)6-8-4-3-5-9(14)12(8)15/h3-5,7H,2,6H2,1H3,(H,16,17). The highest BCUT2D eigenvalue weighted by Crippen LogP contribution is 2.14. The molecule has 1 heterocycles. The van der Waals surface area contributed by atoms with Gasteiger partial charge in [0.2, 0.25) is 0 Å². The van der Waals surface area contributed by atoms with Crippen LogP contribution in [0.4, 0.5) is 8.78 Å². The second-order valence-corrected chi connectivity index (χ2v) is 3.85. The molecule has 0 fully saturated rings. The first-order chi connectivity index (χ1) is 9.11. The van der Waals surface area contributed by atoms with Gasteiger partial charge in [-0.15, -0.1) is 0 Å².